The van der Waals surface area contributed by atoms with E-state index in [1.54, 1.807) is 0 Å². The molecule has 2 rings (SSSR count). The summed E-state index contributed by atoms with van der Waals surface area (Å²) in [5.41, 5.74) is 0. The average molecular weight is 211 g/mol. The maximum atomic E-state index is 9.92. The lowest BCUT2D eigenvalue weighted by Crippen LogP contribution is -2.44. The van der Waals surface area contributed by atoms with Gasteiger partial charge in [0.2, 0.25) is 0 Å². The second kappa shape index (κ2) is 5.31. The largest absolute Gasteiger partial charge is 0.391 e. The van der Waals surface area contributed by atoms with E-state index in [-0.39, 0.29) is 6.10 Å². The first-order valence-electron chi connectivity index (χ1n) is 6.69. The number of aliphatic hydroxyl groups is 1. The number of rotatable bonds is 2. The molecule has 2 atom stereocenters. The van der Waals surface area contributed by atoms with Crippen molar-refractivity contribution in [2.75, 3.05) is 7.05 Å². The molecule has 2 unspecified atom stereocenters. The van der Waals surface area contributed by atoms with Crippen molar-refractivity contribution >= 4 is 0 Å². The summed E-state index contributed by atoms with van der Waals surface area (Å²) >= 11 is 0. The molecule has 0 aromatic heterocycles. The van der Waals surface area contributed by atoms with Gasteiger partial charge in [0.05, 0.1) is 6.10 Å². The number of nitrogens with zero attached hydrogens (tertiary/aromatic N) is 1. The molecular weight excluding hydrogens is 186 g/mol. The topological polar surface area (TPSA) is 23.5 Å². The molecule has 0 radical (unpaired) electrons. The van der Waals surface area contributed by atoms with Crippen LogP contribution in [-0.4, -0.2) is 35.2 Å². The molecule has 0 aromatic carbocycles. The second-order valence-corrected chi connectivity index (χ2v) is 5.38. The standard InChI is InChI=1S/C13H25NO/c1-14(12-9-6-10-13(12)15)11-7-4-2-3-5-8-11/h11-13,15H,2-10H2,1H3. The quantitative estimate of drug-likeness (QED) is 0.710. The Kier molecular flexibility index (Phi) is 4.04. The summed E-state index contributed by atoms with van der Waals surface area (Å²) in [6.07, 6.45) is 11.7. The van der Waals surface area contributed by atoms with Crippen LogP contribution in [0.4, 0.5) is 0 Å². The normalized spacial score (nSPS) is 34.6. The van der Waals surface area contributed by atoms with Crippen molar-refractivity contribution in [2.45, 2.75) is 76.0 Å². The van der Waals surface area contributed by atoms with Crippen LogP contribution in [0.3, 0.4) is 0 Å². The van der Waals surface area contributed by atoms with Gasteiger partial charge >= 0.3 is 0 Å². The number of hydrogen-bond donors (Lipinski definition) is 1. The van der Waals surface area contributed by atoms with Crippen LogP contribution < -0.4 is 0 Å². The van der Waals surface area contributed by atoms with Gasteiger partial charge in [-0.25, -0.2) is 0 Å². The Morgan fingerprint density at radius 1 is 0.867 bits per heavy atom. The molecule has 0 heterocycles. The van der Waals surface area contributed by atoms with Crippen LogP contribution in [0.25, 0.3) is 0 Å². The molecule has 2 heteroatoms. The van der Waals surface area contributed by atoms with Gasteiger partial charge in [0.1, 0.15) is 0 Å². The van der Waals surface area contributed by atoms with Crippen molar-refractivity contribution in [1.29, 1.82) is 0 Å². The molecule has 0 aliphatic heterocycles. The molecule has 2 fully saturated rings. The Labute approximate surface area is 93.7 Å². The number of likely N-dealkylation sites (N-methyl/N-ethyl adjacent to an activating group) is 1. The zero-order chi connectivity index (χ0) is 10.7. The van der Waals surface area contributed by atoms with Gasteiger partial charge in [0.25, 0.3) is 0 Å². The van der Waals surface area contributed by atoms with E-state index in [1.807, 2.05) is 0 Å². The molecule has 1 N–H and O–H groups in total. The smallest absolute Gasteiger partial charge is 0.0695 e. The minimum absolute atomic E-state index is 0.0572. The Balaban J connectivity index is 1.90. The van der Waals surface area contributed by atoms with Gasteiger partial charge in [-0.05, 0) is 39.2 Å². The van der Waals surface area contributed by atoms with Crippen molar-refractivity contribution in [2.24, 2.45) is 0 Å². The molecule has 2 nitrogen and oxygen atoms in total. The van der Waals surface area contributed by atoms with Gasteiger partial charge in [0, 0.05) is 12.1 Å². The highest BCUT2D eigenvalue weighted by atomic mass is 16.3. The van der Waals surface area contributed by atoms with Gasteiger partial charge in [-0.2, -0.15) is 0 Å². The van der Waals surface area contributed by atoms with Gasteiger partial charge in [0.15, 0.2) is 0 Å². The third kappa shape index (κ3) is 2.73. The average Bonchev–Trinajstić information content (AvgIpc) is 2.53. The summed E-state index contributed by atoms with van der Waals surface area (Å²) in [4.78, 5) is 2.49. The number of hydrogen-bond acceptors (Lipinski definition) is 2. The van der Waals surface area contributed by atoms with E-state index in [4.69, 9.17) is 0 Å². The van der Waals surface area contributed by atoms with Crippen LogP contribution in [-0.2, 0) is 0 Å². The van der Waals surface area contributed by atoms with Gasteiger partial charge in [-0.3, -0.25) is 4.90 Å². The first-order chi connectivity index (χ1) is 7.29. The summed E-state index contributed by atoms with van der Waals surface area (Å²) < 4.78 is 0. The highest BCUT2D eigenvalue weighted by Gasteiger charge is 2.32. The minimum atomic E-state index is -0.0572. The van der Waals surface area contributed by atoms with Crippen molar-refractivity contribution in [1.82, 2.24) is 4.90 Å². The Hall–Kier alpha value is -0.0800. The monoisotopic (exact) mass is 211 g/mol. The highest BCUT2D eigenvalue weighted by Crippen LogP contribution is 2.29. The molecule has 0 aromatic rings. The maximum absolute atomic E-state index is 9.92. The van der Waals surface area contributed by atoms with Gasteiger partial charge in [-0.15, -0.1) is 0 Å². The van der Waals surface area contributed by atoms with E-state index >= 15 is 0 Å². The van der Waals surface area contributed by atoms with Crippen LogP contribution in [0, 0.1) is 0 Å². The summed E-state index contributed by atoms with van der Waals surface area (Å²) in [7, 11) is 2.23. The molecule has 2 aliphatic rings. The lowest BCUT2D eigenvalue weighted by atomic mass is 10.0. The molecular formula is C13H25NO. The number of aliphatic hydroxyl groups excluding tert-OH is 1. The predicted octanol–water partition coefficient (Wildman–Crippen LogP) is 2.55. The summed E-state index contributed by atoms with van der Waals surface area (Å²) in [5, 5.41) is 9.92. The Morgan fingerprint density at radius 3 is 2.07 bits per heavy atom. The second-order valence-electron chi connectivity index (χ2n) is 5.38. The zero-order valence-corrected chi connectivity index (χ0v) is 9.99. The van der Waals surface area contributed by atoms with Crippen LogP contribution in [0.15, 0.2) is 0 Å². The van der Waals surface area contributed by atoms with Gasteiger partial charge < -0.3 is 5.11 Å². The fourth-order valence-electron chi connectivity index (χ4n) is 3.33. The molecule has 2 saturated carbocycles. The predicted molar refractivity (Wildman–Crippen MR) is 62.9 cm³/mol. The van der Waals surface area contributed by atoms with E-state index in [0.717, 1.165) is 12.5 Å². The van der Waals surface area contributed by atoms with E-state index in [2.05, 4.69) is 11.9 Å². The molecule has 88 valence electrons. The molecule has 15 heavy (non-hydrogen) atoms. The third-order valence-electron chi connectivity index (χ3n) is 4.37. The minimum Gasteiger partial charge on any atom is -0.391 e. The fourth-order valence-corrected chi connectivity index (χ4v) is 3.33. The van der Waals surface area contributed by atoms with Gasteiger partial charge in [-0.1, -0.05) is 25.7 Å². The Morgan fingerprint density at radius 2 is 1.53 bits per heavy atom. The van der Waals surface area contributed by atoms with Crippen LogP contribution in [0.5, 0.6) is 0 Å². The molecule has 2 aliphatic carbocycles. The first-order valence-corrected chi connectivity index (χ1v) is 6.69. The van der Waals surface area contributed by atoms with Crippen molar-refractivity contribution in [3.8, 4) is 0 Å². The Bertz CT molecular complexity index is 187. The van der Waals surface area contributed by atoms with Crippen LogP contribution >= 0.6 is 0 Å². The fraction of sp³-hybridized carbons (Fsp3) is 1.00. The van der Waals surface area contributed by atoms with E-state index in [9.17, 15) is 5.11 Å². The molecule has 0 bridgehead atoms. The SMILES string of the molecule is CN(C1CCCCCC1)C1CCCC1O. The van der Waals surface area contributed by atoms with E-state index in [1.165, 1.54) is 51.4 Å². The lowest BCUT2D eigenvalue weighted by Gasteiger charge is -2.34. The summed E-state index contributed by atoms with van der Waals surface area (Å²) in [5.74, 6) is 0. The zero-order valence-electron chi connectivity index (χ0n) is 9.99. The first kappa shape index (κ1) is 11.4. The van der Waals surface area contributed by atoms with Crippen molar-refractivity contribution in [3.05, 3.63) is 0 Å². The molecule has 0 spiro atoms. The van der Waals surface area contributed by atoms with Crippen LogP contribution in [0.1, 0.15) is 57.8 Å². The van der Waals surface area contributed by atoms with Crippen LogP contribution in [0.2, 0.25) is 0 Å². The highest BCUT2D eigenvalue weighted by molar-refractivity contribution is 4.87. The molecule has 0 saturated heterocycles. The summed E-state index contributed by atoms with van der Waals surface area (Å²) in [6.45, 7) is 0. The van der Waals surface area contributed by atoms with E-state index < -0.39 is 0 Å². The molecule has 0 amide bonds. The maximum Gasteiger partial charge on any atom is 0.0695 e. The van der Waals surface area contributed by atoms with Crippen molar-refractivity contribution < 1.29 is 5.11 Å². The van der Waals surface area contributed by atoms with E-state index in [0.29, 0.717) is 6.04 Å². The summed E-state index contributed by atoms with van der Waals surface area (Å²) in [6, 6.07) is 1.19. The lowest BCUT2D eigenvalue weighted by molar-refractivity contribution is 0.0567. The third-order valence-corrected chi connectivity index (χ3v) is 4.37. The van der Waals surface area contributed by atoms with Crippen molar-refractivity contribution in [3.63, 3.8) is 0 Å².